The zero-order valence-electron chi connectivity index (χ0n) is 17.1. The van der Waals surface area contributed by atoms with Crippen molar-refractivity contribution in [3.63, 3.8) is 0 Å². The Bertz CT molecular complexity index is 1210. The van der Waals surface area contributed by atoms with Crippen LogP contribution in [-0.4, -0.2) is 60.2 Å². The molecule has 0 radical (unpaired) electrons. The fraction of sp³-hybridized carbons (Fsp3) is 0.286. The van der Waals surface area contributed by atoms with Crippen LogP contribution in [0.4, 0.5) is 0 Å². The van der Waals surface area contributed by atoms with Crippen LogP contribution in [0.15, 0.2) is 64.9 Å². The molecule has 0 bridgehead atoms. The maximum atomic E-state index is 12.7. The van der Waals surface area contributed by atoms with E-state index in [1.807, 2.05) is 24.3 Å². The van der Waals surface area contributed by atoms with Gasteiger partial charge in [-0.25, -0.2) is 18.8 Å². The number of para-hydroxylation sites is 2. The quantitative estimate of drug-likeness (QED) is 0.462. The first-order chi connectivity index (χ1) is 14.9. The number of aromatic nitrogens is 2. The number of carbonyl (C=O) groups excluding carboxylic acids is 1. The Labute approximate surface area is 180 Å². The number of hydrogen-bond acceptors (Lipinski definition) is 6. The number of hydrazone groups is 1. The van der Waals surface area contributed by atoms with E-state index < -0.39 is 10.0 Å². The first-order valence-corrected chi connectivity index (χ1v) is 11.3. The Kier molecular flexibility index (Phi) is 6.12. The summed E-state index contributed by atoms with van der Waals surface area (Å²) in [7, 11) is -3.54. The van der Waals surface area contributed by atoms with E-state index in [0.717, 1.165) is 11.0 Å². The Hall–Kier alpha value is -3.08. The summed E-state index contributed by atoms with van der Waals surface area (Å²) >= 11 is 0. The van der Waals surface area contributed by atoms with Crippen molar-refractivity contribution in [2.75, 3.05) is 26.3 Å². The highest BCUT2D eigenvalue weighted by molar-refractivity contribution is 7.89. The number of rotatable bonds is 6. The van der Waals surface area contributed by atoms with Crippen molar-refractivity contribution >= 4 is 32.7 Å². The van der Waals surface area contributed by atoms with Gasteiger partial charge in [0.05, 0.1) is 41.2 Å². The van der Waals surface area contributed by atoms with E-state index in [1.54, 1.807) is 42.1 Å². The van der Waals surface area contributed by atoms with Crippen molar-refractivity contribution in [1.82, 2.24) is 19.3 Å². The summed E-state index contributed by atoms with van der Waals surface area (Å²) in [5.41, 5.74) is 5.52. The number of morpholine rings is 1. The molecule has 162 valence electrons. The van der Waals surface area contributed by atoms with Gasteiger partial charge < -0.3 is 9.30 Å². The Morgan fingerprint density at radius 3 is 2.58 bits per heavy atom. The van der Waals surface area contributed by atoms with Crippen molar-refractivity contribution < 1.29 is 17.9 Å². The van der Waals surface area contributed by atoms with Crippen molar-refractivity contribution in [2.45, 2.75) is 18.4 Å². The smallest absolute Gasteiger partial charge is 0.260 e. The molecule has 4 rings (SSSR count). The van der Waals surface area contributed by atoms with E-state index in [1.165, 1.54) is 4.31 Å². The molecule has 31 heavy (non-hydrogen) atoms. The summed E-state index contributed by atoms with van der Waals surface area (Å²) in [5.74, 6) is -0.283. The van der Waals surface area contributed by atoms with Gasteiger partial charge in [0.25, 0.3) is 5.91 Å². The lowest BCUT2D eigenvalue weighted by Crippen LogP contribution is -2.40. The SMILES string of the molecule is C/C(=N\NC(=O)Cn1cnc2ccccc21)c1ccc(S(=O)(=O)N2CCOCC2)cc1. The van der Waals surface area contributed by atoms with E-state index in [-0.39, 0.29) is 17.3 Å². The van der Waals surface area contributed by atoms with Crippen molar-refractivity contribution in [3.8, 4) is 0 Å². The third-order valence-corrected chi connectivity index (χ3v) is 6.98. The minimum absolute atomic E-state index is 0.0913. The van der Waals surface area contributed by atoms with Crippen LogP contribution in [-0.2, 0) is 26.1 Å². The molecule has 1 aliphatic rings. The van der Waals surface area contributed by atoms with Gasteiger partial charge in [0.15, 0.2) is 0 Å². The summed E-state index contributed by atoms with van der Waals surface area (Å²) in [4.78, 5) is 16.8. The highest BCUT2D eigenvalue weighted by Gasteiger charge is 2.26. The number of sulfonamides is 1. The van der Waals surface area contributed by atoms with Gasteiger partial charge in [-0.15, -0.1) is 0 Å². The number of benzene rings is 2. The van der Waals surface area contributed by atoms with Crippen LogP contribution >= 0.6 is 0 Å². The summed E-state index contributed by atoms with van der Waals surface area (Å²) in [5, 5.41) is 4.14. The number of carbonyl (C=O) groups is 1. The molecule has 1 aromatic heterocycles. The van der Waals surface area contributed by atoms with E-state index in [9.17, 15) is 13.2 Å². The van der Waals surface area contributed by atoms with Crippen molar-refractivity contribution in [3.05, 3.63) is 60.4 Å². The van der Waals surface area contributed by atoms with E-state index in [0.29, 0.717) is 37.6 Å². The molecule has 10 heteroatoms. The second-order valence-electron chi connectivity index (χ2n) is 7.13. The molecule has 0 aliphatic carbocycles. The molecule has 1 fully saturated rings. The van der Waals surface area contributed by atoms with Crippen LogP contribution < -0.4 is 5.43 Å². The maximum Gasteiger partial charge on any atom is 0.260 e. The lowest BCUT2D eigenvalue weighted by molar-refractivity contribution is -0.121. The second kappa shape index (κ2) is 8.96. The molecule has 0 saturated carbocycles. The van der Waals surface area contributed by atoms with E-state index in [2.05, 4.69) is 15.5 Å². The minimum atomic E-state index is -3.54. The lowest BCUT2D eigenvalue weighted by Gasteiger charge is -2.26. The number of fused-ring (bicyclic) bond motifs is 1. The molecule has 2 heterocycles. The fourth-order valence-electron chi connectivity index (χ4n) is 3.34. The highest BCUT2D eigenvalue weighted by atomic mass is 32.2. The first kappa shape index (κ1) is 21.2. The summed E-state index contributed by atoms with van der Waals surface area (Å²) in [6.07, 6.45) is 1.62. The fourth-order valence-corrected chi connectivity index (χ4v) is 4.75. The van der Waals surface area contributed by atoms with Crippen LogP contribution in [0.3, 0.4) is 0 Å². The van der Waals surface area contributed by atoms with Gasteiger partial charge in [0.1, 0.15) is 6.54 Å². The van der Waals surface area contributed by atoms with Gasteiger partial charge in [0, 0.05) is 13.1 Å². The van der Waals surface area contributed by atoms with Crippen LogP contribution in [0.2, 0.25) is 0 Å². The van der Waals surface area contributed by atoms with Crippen LogP contribution in [0, 0.1) is 0 Å². The standard InChI is InChI=1S/C21H23N5O4S/c1-16(23-24-21(27)14-25-15-22-19-4-2-3-5-20(19)25)17-6-8-18(9-7-17)31(28,29)26-10-12-30-13-11-26/h2-9,15H,10-14H2,1H3,(H,24,27)/b23-16+. The molecular weight excluding hydrogens is 418 g/mol. The molecule has 1 aliphatic heterocycles. The van der Waals surface area contributed by atoms with Crippen molar-refractivity contribution in [2.24, 2.45) is 5.10 Å². The largest absolute Gasteiger partial charge is 0.379 e. The molecule has 2 aromatic carbocycles. The molecule has 9 nitrogen and oxygen atoms in total. The first-order valence-electron chi connectivity index (χ1n) is 9.86. The van der Waals surface area contributed by atoms with Crippen LogP contribution in [0.5, 0.6) is 0 Å². The zero-order chi connectivity index (χ0) is 21.8. The number of nitrogens with zero attached hydrogens (tertiary/aromatic N) is 4. The lowest BCUT2D eigenvalue weighted by atomic mass is 10.1. The molecule has 0 unspecified atom stereocenters. The third-order valence-electron chi connectivity index (χ3n) is 5.07. The molecule has 1 amide bonds. The minimum Gasteiger partial charge on any atom is -0.379 e. The summed E-state index contributed by atoms with van der Waals surface area (Å²) < 4.78 is 33.8. The van der Waals surface area contributed by atoms with E-state index >= 15 is 0 Å². The summed E-state index contributed by atoms with van der Waals surface area (Å²) in [6, 6.07) is 14.0. The average Bonchev–Trinajstić information content (AvgIpc) is 3.21. The summed E-state index contributed by atoms with van der Waals surface area (Å²) in [6.45, 7) is 3.34. The normalized spacial score (nSPS) is 15.8. The molecular formula is C21H23N5O4S. The second-order valence-corrected chi connectivity index (χ2v) is 9.07. The number of ether oxygens (including phenoxy) is 1. The van der Waals surface area contributed by atoms with Gasteiger partial charge >= 0.3 is 0 Å². The third kappa shape index (κ3) is 4.66. The Morgan fingerprint density at radius 2 is 1.84 bits per heavy atom. The Morgan fingerprint density at radius 1 is 1.13 bits per heavy atom. The number of imidazole rings is 1. The van der Waals surface area contributed by atoms with Crippen LogP contribution in [0.25, 0.3) is 11.0 Å². The predicted molar refractivity (Wildman–Crippen MR) is 116 cm³/mol. The molecule has 3 aromatic rings. The highest BCUT2D eigenvalue weighted by Crippen LogP contribution is 2.18. The van der Waals surface area contributed by atoms with Gasteiger partial charge in [-0.3, -0.25) is 4.79 Å². The predicted octanol–water partition coefficient (Wildman–Crippen LogP) is 1.60. The number of hydrogen-bond donors (Lipinski definition) is 1. The average molecular weight is 442 g/mol. The van der Waals surface area contributed by atoms with Gasteiger partial charge in [-0.1, -0.05) is 24.3 Å². The topological polar surface area (TPSA) is 106 Å². The van der Waals surface area contributed by atoms with Crippen molar-refractivity contribution in [1.29, 1.82) is 0 Å². The molecule has 1 saturated heterocycles. The number of amides is 1. The molecule has 0 atom stereocenters. The molecule has 1 N–H and O–H groups in total. The monoisotopic (exact) mass is 441 g/mol. The number of nitrogens with one attached hydrogen (secondary N) is 1. The maximum absolute atomic E-state index is 12.7. The van der Waals surface area contributed by atoms with E-state index in [4.69, 9.17) is 4.74 Å². The van der Waals surface area contributed by atoms with Crippen LogP contribution in [0.1, 0.15) is 12.5 Å². The van der Waals surface area contributed by atoms with Gasteiger partial charge in [0.2, 0.25) is 10.0 Å². The zero-order valence-corrected chi connectivity index (χ0v) is 17.9. The molecule has 0 spiro atoms. The Balaban J connectivity index is 1.40. The van der Waals surface area contributed by atoms with Gasteiger partial charge in [-0.2, -0.15) is 9.41 Å². The van der Waals surface area contributed by atoms with Gasteiger partial charge in [-0.05, 0) is 36.8 Å².